The van der Waals surface area contributed by atoms with Gasteiger partial charge in [-0.1, -0.05) is 25.0 Å². The van der Waals surface area contributed by atoms with E-state index in [0.29, 0.717) is 6.04 Å². The van der Waals surface area contributed by atoms with Crippen molar-refractivity contribution in [2.45, 2.75) is 31.7 Å². The molecule has 0 radical (unpaired) electrons. The van der Waals surface area contributed by atoms with Crippen molar-refractivity contribution in [1.29, 1.82) is 0 Å². The number of hydrogen-bond donors (Lipinski definition) is 1. The average molecular weight is 149 g/mol. The molecule has 0 spiro atoms. The summed E-state index contributed by atoms with van der Waals surface area (Å²) in [5.74, 6) is 0.899. The highest BCUT2D eigenvalue weighted by atomic mass is 14.9. The van der Waals surface area contributed by atoms with E-state index in [-0.39, 0.29) is 0 Å². The molecule has 1 aliphatic heterocycles. The van der Waals surface area contributed by atoms with E-state index in [1.165, 1.54) is 25.7 Å². The molecule has 1 unspecified atom stereocenters. The SMILES string of the molecule is C1=CNC(C2CCCC2)C=C1. The van der Waals surface area contributed by atoms with Crippen LogP contribution in [-0.4, -0.2) is 6.04 Å². The Balaban J connectivity index is 1.94. The van der Waals surface area contributed by atoms with Crippen molar-refractivity contribution >= 4 is 0 Å². The minimum Gasteiger partial charge on any atom is -0.384 e. The summed E-state index contributed by atoms with van der Waals surface area (Å²) >= 11 is 0. The van der Waals surface area contributed by atoms with Crippen LogP contribution in [0.4, 0.5) is 0 Å². The second kappa shape index (κ2) is 3.12. The quantitative estimate of drug-likeness (QED) is 0.602. The first kappa shape index (κ1) is 6.96. The van der Waals surface area contributed by atoms with Crippen LogP contribution in [0.3, 0.4) is 0 Å². The zero-order valence-electron chi connectivity index (χ0n) is 6.79. The Morgan fingerprint density at radius 2 is 1.91 bits per heavy atom. The molecule has 11 heavy (non-hydrogen) atoms. The second-order valence-corrected chi connectivity index (χ2v) is 3.48. The molecule has 60 valence electrons. The van der Waals surface area contributed by atoms with Gasteiger partial charge in [0.1, 0.15) is 0 Å². The van der Waals surface area contributed by atoms with Gasteiger partial charge < -0.3 is 5.32 Å². The highest BCUT2D eigenvalue weighted by molar-refractivity contribution is 5.13. The first-order valence-electron chi connectivity index (χ1n) is 4.56. The van der Waals surface area contributed by atoms with Crippen molar-refractivity contribution in [3.05, 3.63) is 24.4 Å². The van der Waals surface area contributed by atoms with Crippen LogP contribution < -0.4 is 5.32 Å². The predicted octanol–water partition coefficient (Wildman–Crippen LogP) is 2.22. The van der Waals surface area contributed by atoms with Crippen LogP contribution in [0.5, 0.6) is 0 Å². The Labute approximate surface area is 68.2 Å². The molecule has 1 saturated carbocycles. The van der Waals surface area contributed by atoms with Crippen LogP contribution in [0.2, 0.25) is 0 Å². The van der Waals surface area contributed by atoms with E-state index in [1.807, 2.05) is 0 Å². The highest BCUT2D eigenvalue weighted by Gasteiger charge is 2.22. The predicted molar refractivity (Wildman–Crippen MR) is 47.2 cm³/mol. The molecule has 1 heteroatoms. The van der Waals surface area contributed by atoms with Crippen LogP contribution in [0.15, 0.2) is 24.4 Å². The monoisotopic (exact) mass is 149 g/mol. The van der Waals surface area contributed by atoms with Gasteiger partial charge in [-0.15, -0.1) is 0 Å². The Bertz CT molecular complexity index is 175. The molecule has 0 bridgehead atoms. The fraction of sp³-hybridized carbons (Fsp3) is 0.600. The highest BCUT2D eigenvalue weighted by Crippen LogP contribution is 2.28. The lowest BCUT2D eigenvalue weighted by Gasteiger charge is -2.21. The van der Waals surface area contributed by atoms with Gasteiger partial charge in [-0.25, -0.2) is 0 Å². The van der Waals surface area contributed by atoms with Gasteiger partial charge in [-0.05, 0) is 31.0 Å². The van der Waals surface area contributed by atoms with Crippen LogP contribution in [0.1, 0.15) is 25.7 Å². The lowest BCUT2D eigenvalue weighted by Crippen LogP contribution is -2.30. The summed E-state index contributed by atoms with van der Waals surface area (Å²) < 4.78 is 0. The molecule has 0 amide bonds. The Kier molecular flexibility index (Phi) is 1.97. The molecular weight excluding hydrogens is 134 g/mol. The van der Waals surface area contributed by atoms with E-state index >= 15 is 0 Å². The molecule has 1 nitrogen and oxygen atoms in total. The van der Waals surface area contributed by atoms with Crippen LogP contribution in [-0.2, 0) is 0 Å². The average Bonchev–Trinajstić information content (AvgIpc) is 2.58. The summed E-state index contributed by atoms with van der Waals surface area (Å²) in [5.41, 5.74) is 0. The number of dihydropyridines is 1. The van der Waals surface area contributed by atoms with Crippen LogP contribution >= 0.6 is 0 Å². The van der Waals surface area contributed by atoms with Crippen LogP contribution in [0, 0.1) is 5.92 Å². The number of allylic oxidation sites excluding steroid dienone is 2. The van der Waals surface area contributed by atoms with E-state index < -0.39 is 0 Å². The summed E-state index contributed by atoms with van der Waals surface area (Å²) in [6.45, 7) is 0. The van der Waals surface area contributed by atoms with Gasteiger partial charge in [-0.3, -0.25) is 0 Å². The van der Waals surface area contributed by atoms with Gasteiger partial charge >= 0.3 is 0 Å². The number of nitrogens with one attached hydrogen (secondary N) is 1. The van der Waals surface area contributed by atoms with Gasteiger partial charge in [0.05, 0.1) is 0 Å². The zero-order chi connectivity index (χ0) is 7.52. The van der Waals surface area contributed by atoms with Crippen molar-refractivity contribution in [1.82, 2.24) is 5.32 Å². The van der Waals surface area contributed by atoms with Crippen molar-refractivity contribution in [3.8, 4) is 0 Å². The molecule has 1 atom stereocenters. The fourth-order valence-electron chi connectivity index (χ4n) is 2.07. The second-order valence-electron chi connectivity index (χ2n) is 3.48. The first-order chi connectivity index (χ1) is 5.47. The molecule has 2 rings (SSSR count). The Morgan fingerprint density at radius 1 is 1.09 bits per heavy atom. The molecule has 2 aliphatic rings. The molecule has 1 fully saturated rings. The zero-order valence-corrected chi connectivity index (χ0v) is 6.79. The minimum absolute atomic E-state index is 0.627. The van der Waals surface area contributed by atoms with Gasteiger partial charge in [0.25, 0.3) is 0 Å². The maximum atomic E-state index is 3.39. The molecule has 1 N–H and O–H groups in total. The summed E-state index contributed by atoms with van der Waals surface area (Å²) in [4.78, 5) is 0. The largest absolute Gasteiger partial charge is 0.384 e. The lowest BCUT2D eigenvalue weighted by atomic mass is 9.97. The smallest absolute Gasteiger partial charge is 0.0470 e. The van der Waals surface area contributed by atoms with E-state index in [2.05, 4.69) is 29.7 Å². The topological polar surface area (TPSA) is 12.0 Å². The van der Waals surface area contributed by atoms with Crippen molar-refractivity contribution in [3.63, 3.8) is 0 Å². The number of hydrogen-bond acceptors (Lipinski definition) is 1. The lowest BCUT2D eigenvalue weighted by molar-refractivity contribution is 0.447. The van der Waals surface area contributed by atoms with Crippen molar-refractivity contribution < 1.29 is 0 Å². The molecule has 0 aromatic rings. The van der Waals surface area contributed by atoms with E-state index in [1.54, 1.807) is 0 Å². The van der Waals surface area contributed by atoms with E-state index in [0.717, 1.165) is 5.92 Å². The normalized spacial score (nSPS) is 30.7. The van der Waals surface area contributed by atoms with E-state index in [4.69, 9.17) is 0 Å². The van der Waals surface area contributed by atoms with Crippen molar-refractivity contribution in [2.75, 3.05) is 0 Å². The summed E-state index contributed by atoms with van der Waals surface area (Å²) in [6.07, 6.45) is 14.2. The summed E-state index contributed by atoms with van der Waals surface area (Å²) in [6, 6.07) is 0.627. The van der Waals surface area contributed by atoms with Gasteiger partial charge in [-0.2, -0.15) is 0 Å². The third-order valence-electron chi connectivity index (χ3n) is 2.72. The Morgan fingerprint density at radius 3 is 2.55 bits per heavy atom. The summed E-state index contributed by atoms with van der Waals surface area (Å²) in [7, 11) is 0. The molecule has 1 aliphatic carbocycles. The third-order valence-corrected chi connectivity index (χ3v) is 2.72. The van der Waals surface area contributed by atoms with Gasteiger partial charge in [0, 0.05) is 6.04 Å². The van der Waals surface area contributed by atoms with Gasteiger partial charge in [0.2, 0.25) is 0 Å². The fourth-order valence-corrected chi connectivity index (χ4v) is 2.07. The van der Waals surface area contributed by atoms with Gasteiger partial charge in [0.15, 0.2) is 0 Å². The maximum Gasteiger partial charge on any atom is 0.0470 e. The molecule has 0 aromatic carbocycles. The maximum absolute atomic E-state index is 3.39. The van der Waals surface area contributed by atoms with E-state index in [9.17, 15) is 0 Å². The number of rotatable bonds is 1. The minimum atomic E-state index is 0.627. The standard InChI is InChI=1S/C10H15N/c1-2-6-9(5-1)10-7-3-4-8-11-10/h3-4,7-11H,1-2,5-6H2. The van der Waals surface area contributed by atoms with Crippen molar-refractivity contribution in [2.24, 2.45) is 5.92 Å². The molecule has 0 aromatic heterocycles. The molecule has 0 saturated heterocycles. The third kappa shape index (κ3) is 1.47. The first-order valence-corrected chi connectivity index (χ1v) is 4.56. The van der Waals surface area contributed by atoms with Crippen LogP contribution in [0.25, 0.3) is 0 Å². The summed E-state index contributed by atoms with van der Waals surface area (Å²) in [5, 5.41) is 3.39. The molecular formula is C10H15N. The molecule has 1 heterocycles. The Hall–Kier alpha value is -0.720.